The second-order valence-electron chi connectivity index (χ2n) is 4.75. The normalized spacial score (nSPS) is 10.5. The molecular formula is C16H14N4S. The number of hydrogen-bond acceptors (Lipinski definition) is 4. The van der Waals surface area contributed by atoms with E-state index >= 15 is 0 Å². The van der Waals surface area contributed by atoms with E-state index in [1.165, 1.54) is 0 Å². The van der Waals surface area contributed by atoms with Crippen LogP contribution >= 0.6 is 12.2 Å². The van der Waals surface area contributed by atoms with Crippen LogP contribution in [0.15, 0.2) is 48.7 Å². The van der Waals surface area contributed by atoms with Gasteiger partial charge in [0.15, 0.2) is 0 Å². The number of benzene rings is 1. The summed E-state index contributed by atoms with van der Waals surface area (Å²) in [7, 11) is 0. The summed E-state index contributed by atoms with van der Waals surface area (Å²) in [6.07, 6.45) is 1.72. The molecule has 0 aliphatic heterocycles. The Bertz CT molecular complexity index is 812. The minimum Gasteiger partial charge on any atom is -0.388 e. The van der Waals surface area contributed by atoms with Crippen molar-refractivity contribution in [3.05, 3.63) is 60.0 Å². The topological polar surface area (TPSA) is 63.8 Å². The van der Waals surface area contributed by atoms with Crippen molar-refractivity contribution in [3.63, 3.8) is 0 Å². The molecule has 3 N–H and O–H groups in total. The van der Waals surface area contributed by atoms with Crippen molar-refractivity contribution in [2.24, 2.45) is 5.73 Å². The van der Waals surface area contributed by atoms with Crippen LogP contribution in [-0.4, -0.2) is 15.0 Å². The lowest BCUT2D eigenvalue weighted by Crippen LogP contribution is -2.11. The van der Waals surface area contributed by atoms with Crippen LogP contribution in [0.4, 0.5) is 11.4 Å². The SMILES string of the molecule is Cc1cc(Nc2ccc(C(N)=S)nc2)c2ccccc2n1. The zero-order chi connectivity index (χ0) is 14.8. The van der Waals surface area contributed by atoms with Gasteiger partial charge in [0.05, 0.1) is 23.1 Å². The first kappa shape index (κ1) is 13.5. The standard InChI is InChI=1S/C16H14N4S/c1-10-8-15(12-4-2-3-5-13(12)19-10)20-11-6-7-14(16(17)21)18-9-11/h2-9H,1H3,(H2,17,21)(H,19,20). The number of fused-ring (bicyclic) bond motifs is 1. The molecule has 0 radical (unpaired) electrons. The second kappa shape index (κ2) is 5.46. The molecule has 0 bridgehead atoms. The quantitative estimate of drug-likeness (QED) is 0.726. The first-order valence-corrected chi connectivity index (χ1v) is 6.93. The zero-order valence-corrected chi connectivity index (χ0v) is 12.3. The molecule has 0 aliphatic carbocycles. The molecule has 0 unspecified atom stereocenters. The highest BCUT2D eigenvalue weighted by Crippen LogP contribution is 2.26. The monoisotopic (exact) mass is 294 g/mol. The Balaban J connectivity index is 1.99. The molecule has 21 heavy (non-hydrogen) atoms. The molecule has 0 aliphatic rings. The van der Waals surface area contributed by atoms with E-state index < -0.39 is 0 Å². The molecule has 5 heteroatoms. The second-order valence-corrected chi connectivity index (χ2v) is 5.19. The predicted molar refractivity (Wildman–Crippen MR) is 89.9 cm³/mol. The van der Waals surface area contributed by atoms with Gasteiger partial charge in [-0.05, 0) is 31.2 Å². The smallest absolute Gasteiger partial charge is 0.122 e. The molecule has 0 spiro atoms. The highest BCUT2D eigenvalue weighted by atomic mass is 32.1. The highest BCUT2D eigenvalue weighted by molar-refractivity contribution is 7.80. The largest absolute Gasteiger partial charge is 0.388 e. The predicted octanol–water partition coefficient (Wildman–Crippen LogP) is 3.32. The summed E-state index contributed by atoms with van der Waals surface area (Å²) in [6, 6.07) is 13.8. The van der Waals surface area contributed by atoms with Gasteiger partial charge in [-0.25, -0.2) is 0 Å². The molecule has 0 fully saturated rings. The van der Waals surface area contributed by atoms with Crippen LogP contribution in [0.2, 0.25) is 0 Å². The van der Waals surface area contributed by atoms with Gasteiger partial charge >= 0.3 is 0 Å². The number of rotatable bonds is 3. The van der Waals surface area contributed by atoms with Gasteiger partial charge in [0.25, 0.3) is 0 Å². The van der Waals surface area contributed by atoms with E-state index in [1.807, 2.05) is 43.3 Å². The van der Waals surface area contributed by atoms with E-state index in [0.29, 0.717) is 10.7 Å². The average Bonchev–Trinajstić information content (AvgIpc) is 2.47. The Morgan fingerprint density at radius 2 is 2.00 bits per heavy atom. The van der Waals surface area contributed by atoms with Crippen molar-refractivity contribution < 1.29 is 0 Å². The summed E-state index contributed by atoms with van der Waals surface area (Å²) >= 11 is 4.90. The number of nitrogens with zero attached hydrogens (tertiary/aromatic N) is 2. The Morgan fingerprint density at radius 3 is 2.71 bits per heavy atom. The maximum Gasteiger partial charge on any atom is 0.122 e. The number of hydrogen-bond donors (Lipinski definition) is 2. The van der Waals surface area contributed by atoms with Gasteiger partial charge in [-0.1, -0.05) is 30.4 Å². The Morgan fingerprint density at radius 1 is 1.19 bits per heavy atom. The number of nitrogens with two attached hydrogens (primary N) is 1. The zero-order valence-electron chi connectivity index (χ0n) is 11.5. The maximum atomic E-state index is 5.55. The third-order valence-corrected chi connectivity index (χ3v) is 3.35. The van der Waals surface area contributed by atoms with E-state index in [2.05, 4.69) is 15.3 Å². The first-order valence-electron chi connectivity index (χ1n) is 6.53. The van der Waals surface area contributed by atoms with Gasteiger partial charge in [0, 0.05) is 16.8 Å². The Labute approximate surface area is 128 Å². The summed E-state index contributed by atoms with van der Waals surface area (Å²) in [5.74, 6) is 0. The number of aryl methyl sites for hydroxylation is 1. The van der Waals surface area contributed by atoms with Crippen LogP contribution in [-0.2, 0) is 0 Å². The molecule has 0 saturated carbocycles. The molecule has 4 nitrogen and oxygen atoms in total. The third-order valence-electron chi connectivity index (χ3n) is 3.14. The van der Waals surface area contributed by atoms with Crippen LogP contribution in [0.5, 0.6) is 0 Å². The van der Waals surface area contributed by atoms with E-state index in [1.54, 1.807) is 12.3 Å². The minimum absolute atomic E-state index is 0.298. The van der Waals surface area contributed by atoms with E-state index in [4.69, 9.17) is 18.0 Å². The van der Waals surface area contributed by atoms with Crippen molar-refractivity contribution in [3.8, 4) is 0 Å². The molecule has 3 aromatic rings. The molecular weight excluding hydrogens is 280 g/mol. The Kier molecular flexibility index (Phi) is 3.50. The van der Waals surface area contributed by atoms with Gasteiger partial charge in [-0.3, -0.25) is 9.97 Å². The van der Waals surface area contributed by atoms with Crippen LogP contribution in [0.3, 0.4) is 0 Å². The lowest BCUT2D eigenvalue weighted by molar-refractivity contribution is 1.25. The summed E-state index contributed by atoms with van der Waals surface area (Å²) < 4.78 is 0. The van der Waals surface area contributed by atoms with Crippen molar-refractivity contribution in [1.82, 2.24) is 9.97 Å². The molecule has 1 aromatic carbocycles. The molecule has 0 amide bonds. The molecule has 0 saturated heterocycles. The maximum absolute atomic E-state index is 5.55. The van der Waals surface area contributed by atoms with E-state index in [9.17, 15) is 0 Å². The first-order chi connectivity index (χ1) is 10.1. The van der Waals surface area contributed by atoms with Crippen LogP contribution < -0.4 is 11.1 Å². The third kappa shape index (κ3) is 2.83. The minimum atomic E-state index is 0.298. The summed E-state index contributed by atoms with van der Waals surface area (Å²) in [6.45, 7) is 1.98. The van der Waals surface area contributed by atoms with Gasteiger partial charge < -0.3 is 11.1 Å². The highest BCUT2D eigenvalue weighted by Gasteiger charge is 2.05. The van der Waals surface area contributed by atoms with Gasteiger partial charge in [0.1, 0.15) is 4.99 Å². The number of pyridine rings is 2. The van der Waals surface area contributed by atoms with Crippen LogP contribution in [0.25, 0.3) is 10.9 Å². The Hall–Kier alpha value is -2.53. The lowest BCUT2D eigenvalue weighted by atomic mass is 10.1. The van der Waals surface area contributed by atoms with Gasteiger partial charge in [-0.2, -0.15) is 0 Å². The fourth-order valence-corrected chi connectivity index (χ4v) is 2.30. The number of para-hydroxylation sites is 1. The number of nitrogens with one attached hydrogen (secondary N) is 1. The summed E-state index contributed by atoms with van der Waals surface area (Å²) in [5, 5.41) is 4.44. The van der Waals surface area contributed by atoms with Crippen molar-refractivity contribution in [2.75, 3.05) is 5.32 Å². The number of thiocarbonyl (C=S) groups is 1. The van der Waals surface area contributed by atoms with Gasteiger partial charge in [0.2, 0.25) is 0 Å². The van der Waals surface area contributed by atoms with Crippen molar-refractivity contribution >= 4 is 39.5 Å². The van der Waals surface area contributed by atoms with Crippen molar-refractivity contribution in [1.29, 1.82) is 0 Å². The molecule has 3 rings (SSSR count). The molecule has 2 heterocycles. The summed E-state index contributed by atoms with van der Waals surface area (Å²) in [4.78, 5) is 9.06. The molecule has 2 aromatic heterocycles. The fraction of sp³-hybridized carbons (Fsp3) is 0.0625. The van der Waals surface area contributed by atoms with Crippen LogP contribution in [0, 0.1) is 6.92 Å². The average molecular weight is 294 g/mol. The molecule has 0 atom stereocenters. The van der Waals surface area contributed by atoms with Crippen molar-refractivity contribution in [2.45, 2.75) is 6.92 Å². The van der Waals surface area contributed by atoms with E-state index in [-0.39, 0.29) is 0 Å². The fourth-order valence-electron chi connectivity index (χ4n) is 2.18. The lowest BCUT2D eigenvalue weighted by Gasteiger charge is -2.11. The number of aromatic nitrogens is 2. The van der Waals surface area contributed by atoms with Crippen LogP contribution in [0.1, 0.15) is 11.4 Å². The molecule has 104 valence electrons. The number of anilines is 2. The summed E-state index contributed by atoms with van der Waals surface area (Å²) in [5.41, 5.74) is 9.98. The van der Waals surface area contributed by atoms with Gasteiger partial charge in [-0.15, -0.1) is 0 Å². The van der Waals surface area contributed by atoms with E-state index in [0.717, 1.165) is 28.0 Å².